The van der Waals surface area contributed by atoms with E-state index in [9.17, 15) is 24.3 Å². The van der Waals surface area contributed by atoms with E-state index in [0.717, 1.165) is 5.56 Å². The van der Waals surface area contributed by atoms with Crippen molar-refractivity contribution in [1.29, 1.82) is 0 Å². The van der Waals surface area contributed by atoms with Crippen molar-refractivity contribution in [2.45, 2.75) is 52.2 Å². The first kappa shape index (κ1) is 25.1. The number of carboxylic acid groups (broad SMARTS) is 1. The van der Waals surface area contributed by atoms with Crippen LogP contribution >= 0.6 is 0 Å². The number of benzene rings is 1. The van der Waals surface area contributed by atoms with Gasteiger partial charge in [0.05, 0.1) is 6.04 Å². The first-order valence-corrected chi connectivity index (χ1v) is 9.67. The monoisotopic (exact) mass is 421 g/mol. The molecule has 166 valence electrons. The molecule has 0 spiro atoms. The van der Waals surface area contributed by atoms with Crippen LogP contribution in [0.25, 0.3) is 0 Å². The van der Waals surface area contributed by atoms with E-state index in [4.69, 9.17) is 10.5 Å². The zero-order valence-corrected chi connectivity index (χ0v) is 17.9. The van der Waals surface area contributed by atoms with Crippen molar-refractivity contribution < 1.29 is 29.0 Å². The Kier molecular flexibility index (Phi) is 8.97. The second-order valence-electron chi connectivity index (χ2n) is 8.21. The number of ether oxygens (including phenoxy) is 1. The summed E-state index contributed by atoms with van der Waals surface area (Å²) in [5.74, 6) is -2.61. The number of rotatable bonds is 10. The summed E-state index contributed by atoms with van der Waals surface area (Å²) in [5.41, 5.74) is 3.78. The number of nitrogens with two attached hydrogens (primary N) is 1. The molecule has 0 aliphatic heterocycles. The number of Topliss-reactive ketones (excluding diaryl/α,β-unsaturated/α-hetero) is 1. The third-order valence-corrected chi connectivity index (χ3v) is 4.39. The van der Waals surface area contributed by atoms with Crippen LogP contribution in [-0.4, -0.2) is 53.6 Å². The SMILES string of the molecule is CC(C)(C)OC(=O)NCC(=O)N[C@@H](Cc1ccccc1)C(=O)C(C)(CCN)C(=O)O. The number of aliphatic carboxylic acids is 1. The molecule has 5 N–H and O–H groups in total. The molecule has 1 rings (SSSR count). The molecule has 0 saturated carbocycles. The molecule has 1 aromatic rings. The molecule has 9 nitrogen and oxygen atoms in total. The zero-order valence-electron chi connectivity index (χ0n) is 17.9. The van der Waals surface area contributed by atoms with E-state index < -0.39 is 47.4 Å². The van der Waals surface area contributed by atoms with E-state index in [2.05, 4.69) is 10.6 Å². The highest BCUT2D eigenvalue weighted by molar-refractivity contribution is 6.06. The van der Waals surface area contributed by atoms with Gasteiger partial charge in [0, 0.05) is 0 Å². The number of ketones is 1. The minimum atomic E-state index is -1.75. The molecule has 0 aliphatic carbocycles. The molecular weight excluding hydrogens is 390 g/mol. The van der Waals surface area contributed by atoms with Crippen molar-refractivity contribution in [3.63, 3.8) is 0 Å². The highest BCUT2D eigenvalue weighted by Crippen LogP contribution is 2.25. The second-order valence-corrected chi connectivity index (χ2v) is 8.21. The van der Waals surface area contributed by atoms with Gasteiger partial charge in [0.25, 0.3) is 0 Å². The lowest BCUT2D eigenvalue weighted by Gasteiger charge is -2.28. The molecule has 0 bridgehead atoms. The maximum Gasteiger partial charge on any atom is 0.408 e. The third kappa shape index (κ3) is 7.82. The predicted molar refractivity (Wildman–Crippen MR) is 111 cm³/mol. The number of carbonyl (C=O) groups excluding carboxylic acids is 3. The third-order valence-electron chi connectivity index (χ3n) is 4.39. The summed E-state index contributed by atoms with van der Waals surface area (Å²) in [6.45, 7) is 5.94. The number of carboxylic acids is 1. The molecule has 1 aromatic carbocycles. The van der Waals surface area contributed by atoms with Crippen LogP contribution in [0, 0.1) is 5.41 Å². The maximum atomic E-state index is 13.1. The average Bonchev–Trinajstić information content (AvgIpc) is 2.64. The number of alkyl carbamates (subject to hydrolysis) is 1. The number of hydrogen-bond acceptors (Lipinski definition) is 6. The van der Waals surface area contributed by atoms with Gasteiger partial charge in [-0.05, 0) is 52.6 Å². The predicted octanol–water partition coefficient (Wildman–Crippen LogP) is 1.25. The summed E-state index contributed by atoms with van der Waals surface area (Å²) in [5, 5.41) is 14.5. The molecule has 0 radical (unpaired) electrons. The minimum Gasteiger partial charge on any atom is -0.481 e. The number of amides is 2. The lowest BCUT2D eigenvalue weighted by molar-refractivity contribution is -0.155. The quantitative estimate of drug-likeness (QED) is 0.416. The molecule has 2 amide bonds. The molecule has 0 aromatic heterocycles. The number of hydrogen-bond donors (Lipinski definition) is 4. The standard InChI is InChI=1S/C21H31N3O6/c1-20(2,3)30-19(29)23-13-16(25)24-15(12-14-8-6-5-7-9-14)17(26)21(4,10-11-22)18(27)28/h5-9,15H,10-13,22H2,1-4H3,(H,23,29)(H,24,25)(H,27,28)/t15-,21?/m0/s1. The lowest BCUT2D eigenvalue weighted by atomic mass is 9.78. The van der Waals surface area contributed by atoms with E-state index in [0.29, 0.717) is 0 Å². The molecule has 0 aliphatic rings. The zero-order chi connectivity index (χ0) is 22.9. The summed E-state index contributed by atoms with van der Waals surface area (Å²) in [6, 6.07) is 7.80. The molecule has 30 heavy (non-hydrogen) atoms. The Balaban J connectivity index is 2.96. The molecule has 9 heteroatoms. The first-order valence-electron chi connectivity index (χ1n) is 9.67. The molecule has 2 atom stereocenters. The van der Waals surface area contributed by atoms with Gasteiger partial charge < -0.3 is 26.2 Å². The highest BCUT2D eigenvalue weighted by atomic mass is 16.6. The van der Waals surface area contributed by atoms with Crippen LogP contribution in [0.2, 0.25) is 0 Å². The van der Waals surface area contributed by atoms with Crippen molar-refractivity contribution in [2.75, 3.05) is 13.1 Å². The summed E-state index contributed by atoms with van der Waals surface area (Å²) >= 11 is 0. The fraction of sp³-hybridized carbons (Fsp3) is 0.524. The van der Waals surface area contributed by atoms with Crippen LogP contribution in [0.5, 0.6) is 0 Å². The number of carbonyl (C=O) groups is 4. The van der Waals surface area contributed by atoms with Gasteiger partial charge in [-0.25, -0.2) is 4.79 Å². The Bertz CT molecular complexity index is 760. The summed E-state index contributed by atoms with van der Waals surface area (Å²) in [4.78, 5) is 49.0. The summed E-state index contributed by atoms with van der Waals surface area (Å²) < 4.78 is 5.07. The van der Waals surface area contributed by atoms with Crippen LogP contribution in [0.15, 0.2) is 30.3 Å². The van der Waals surface area contributed by atoms with Crippen LogP contribution in [0.1, 0.15) is 39.7 Å². The van der Waals surface area contributed by atoms with E-state index in [1.165, 1.54) is 6.92 Å². The van der Waals surface area contributed by atoms with Crippen molar-refractivity contribution in [3.05, 3.63) is 35.9 Å². The van der Waals surface area contributed by atoms with Crippen molar-refractivity contribution in [3.8, 4) is 0 Å². The lowest BCUT2D eigenvalue weighted by Crippen LogP contribution is -2.53. The minimum absolute atomic E-state index is 0.000737. The van der Waals surface area contributed by atoms with Crippen molar-refractivity contribution >= 4 is 23.8 Å². The number of nitrogens with one attached hydrogen (secondary N) is 2. The fourth-order valence-corrected chi connectivity index (χ4v) is 2.78. The molecule has 0 fully saturated rings. The van der Waals surface area contributed by atoms with Gasteiger partial charge in [-0.3, -0.25) is 14.4 Å². The van der Waals surface area contributed by atoms with Crippen LogP contribution in [0.3, 0.4) is 0 Å². The van der Waals surface area contributed by atoms with Gasteiger partial charge in [-0.1, -0.05) is 30.3 Å². The van der Waals surface area contributed by atoms with Gasteiger partial charge in [0.2, 0.25) is 5.91 Å². The van der Waals surface area contributed by atoms with Gasteiger partial charge in [0.1, 0.15) is 17.6 Å². The summed E-state index contributed by atoms with van der Waals surface area (Å²) in [7, 11) is 0. The normalized spacial score (nSPS) is 14.2. The molecular formula is C21H31N3O6. The van der Waals surface area contributed by atoms with E-state index in [1.807, 2.05) is 0 Å². The van der Waals surface area contributed by atoms with E-state index in [-0.39, 0.29) is 19.4 Å². The van der Waals surface area contributed by atoms with Gasteiger partial charge in [0.15, 0.2) is 5.78 Å². The van der Waals surface area contributed by atoms with Crippen LogP contribution in [-0.2, 0) is 25.5 Å². The Morgan fingerprint density at radius 1 is 1.10 bits per heavy atom. The Hall–Kier alpha value is -2.94. The maximum absolute atomic E-state index is 13.1. The summed E-state index contributed by atoms with van der Waals surface area (Å²) in [6.07, 6.45) is -0.744. The Morgan fingerprint density at radius 3 is 2.20 bits per heavy atom. The average molecular weight is 421 g/mol. The Labute approximate surface area is 176 Å². The van der Waals surface area contributed by atoms with Crippen molar-refractivity contribution in [1.82, 2.24) is 10.6 Å². The molecule has 1 unspecified atom stereocenters. The smallest absolute Gasteiger partial charge is 0.408 e. The Morgan fingerprint density at radius 2 is 1.70 bits per heavy atom. The van der Waals surface area contributed by atoms with Crippen molar-refractivity contribution in [2.24, 2.45) is 11.1 Å². The van der Waals surface area contributed by atoms with Crippen LogP contribution < -0.4 is 16.4 Å². The largest absolute Gasteiger partial charge is 0.481 e. The van der Waals surface area contributed by atoms with E-state index >= 15 is 0 Å². The second kappa shape index (κ2) is 10.7. The van der Waals surface area contributed by atoms with E-state index in [1.54, 1.807) is 51.1 Å². The van der Waals surface area contributed by atoms with Gasteiger partial charge >= 0.3 is 12.1 Å². The van der Waals surface area contributed by atoms with Crippen LogP contribution in [0.4, 0.5) is 4.79 Å². The molecule has 0 heterocycles. The highest BCUT2D eigenvalue weighted by Gasteiger charge is 2.44. The van der Waals surface area contributed by atoms with Gasteiger partial charge in [-0.2, -0.15) is 0 Å². The van der Waals surface area contributed by atoms with Gasteiger partial charge in [-0.15, -0.1) is 0 Å². The fourth-order valence-electron chi connectivity index (χ4n) is 2.78. The first-order chi connectivity index (χ1) is 13.9. The molecule has 0 saturated heterocycles. The topological polar surface area (TPSA) is 148 Å².